The Labute approximate surface area is 208 Å². The number of rotatable bonds is 12. The minimum absolute atomic E-state index is 0.0252. The maximum absolute atomic E-state index is 12.7. The summed E-state index contributed by atoms with van der Waals surface area (Å²) in [5.74, 6) is -2.53. The van der Waals surface area contributed by atoms with Gasteiger partial charge in [-0.05, 0) is 63.2 Å². The van der Waals surface area contributed by atoms with Gasteiger partial charge in [-0.15, -0.1) is 0 Å². The molecule has 12 nitrogen and oxygen atoms in total. The van der Waals surface area contributed by atoms with E-state index in [-0.39, 0.29) is 23.7 Å². The Morgan fingerprint density at radius 2 is 1.22 bits per heavy atom. The molecule has 3 fully saturated rings. The molecule has 200 valence electrons. The predicted octanol–water partition coefficient (Wildman–Crippen LogP) is 0.170. The van der Waals surface area contributed by atoms with Crippen LogP contribution in [0.1, 0.15) is 39.5 Å². The van der Waals surface area contributed by atoms with E-state index in [1.165, 1.54) is 13.8 Å². The summed E-state index contributed by atoms with van der Waals surface area (Å²) in [5, 5.41) is 0. The van der Waals surface area contributed by atoms with Crippen LogP contribution < -0.4 is 0 Å². The largest absolute Gasteiger partial charge is 0.467 e. The van der Waals surface area contributed by atoms with Gasteiger partial charge in [-0.25, -0.2) is 19.2 Å². The van der Waals surface area contributed by atoms with E-state index >= 15 is 0 Å². The molecule has 36 heavy (non-hydrogen) atoms. The molecule has 0 heterocycles. The lowest BCUT2D eigenvalue weighted by Crippen LogP contribution is -2.46. The van der Waals surface area contributed by atoms with Crippen LogP contribution in [0.15, 0.2) is 0 Å². The van der Waals surface area contributed by atoms with Crippen LogP contribution in [0.25, 0.3) is 0 Å². The summed E-state index contributed by atoms with van der Waals surface area (Å²) in [5.41, 5.74) is -3.88. The Morgan fingerprint density at radius 1 is 0.722 bits per heavy atom. The first-order valence-electron chi connectivity index (χ1n) is 11.8. The molecule has 0 radical (unpaired) electrons. The van der Waals surface area contributed by atoms with E-state index in [4.69, 9.17) is 18.9 Å². The van der Waals surface area contributed by atoms with E-state index < -0.39 is 60.5 Å². The summed E-state index contributed by atoms with van der Waals surface area (Å²) in [6.07, 6.45) is 2.31. The normalized spacial score (nSPS) is 31.3. The van der Waals surface area contributed by atoms with Gasteiger partial charge in [0.25, 0.3) is 0 Å². The Morgan fingerprint density at radius 3 is 1.72 bits per heavy atom. The molecule has 0 aliphatic heterocycles. The fourth-order valence-electron chi connectivity index (χ4n) is 5.53. The van der Waals surface area contributed by atoms with Gasteiger partial charge in [0.05, 0.1) is 14.2 Å². The molecule has 0 saturated heterocycles. The molecule has 0 aromatic rings. The van der Waals surface area contributed by atoms with Gasteiger partial charge in [-0.2, -0.15) is 0 Å². The summed E-state index contributed by atoms with van der Waals surface area (Å²) in [6.45, 7) is 1.32. The number of methoxy groups -OCH3 is 2. The number of hydrogen-bond acceptors (Lipinski definition) is 12. The van der Waals surface area contributed by atoms with E-state index in [0.717, 1.165) is 20.6 Å². The van der Waals surface area contributed by atoms with Gasteiger partial charge in [-0.1, -0.05) is 0 Å². The van der Waals surface area contributed by atoms with E-state index in [9.17, 15) is 28.8 Å². The topological polar surface area (TPSA) is 158 Å². The van der Waals surface area contributed by atoms with Gasteiger partial charge in [0.15, 0.2) is 12.6 Å². The maximum Gasteiger partial charge on any atom is 0.345 e. The van der Waals surface area contributed by atoms with Crippen molar-refractivity contribution in [2.45, 2.75) is 62.9 Å². The number of fused-ring (bicyclic) bond motifs is 5. The lowest BCUT2D eigenvalue weighted by Gasteiger charge is -2.32. The van der Waals surface area contributed by atoms with Gasteiger partial charge in [0, 0.05) is 0 Å². The summed E-state index contributed by atoms with van der Waals surface area (Å²) in [7, 11) is 2.32. The highest BCUT2D eigenvalue weighted by atomic mass is 16.6. The molecule has 0 amide bonds. The number of esters is 4. The van der Waals surface area contributed by atoms with Gasteiger partial charge in [-0.3, -0.25) is 9.59 Å². The highest BCUT2D eigenvalue weighted by molar-refractivity contribution is 5.97. The Hall–Kier alpha value is -2.86. The zero-order chi connectivity index (χ0) is 26.7. The third-order valence-electron chi connectivity index (χ3n) is 7.59. The van der Waals surface area contributed by atoms with Crippen molar-refractivity contribution >= 4 is 36.4 Å². The second-order valence-electron chi connectivity index (χ2n) is 9.84. The average Bonchev–Trinajstić information content (AvgIpc) is 3.57. The minimum atomic E-state index is -1.94. The Balaban J connectivity index is 1.57. The molecule has 0 aromatic carbocycles. The van der Waals surface area contributed by atoms with Crippen LogP contribution in [0.3, 0.4) is 0 Å². The molecule has 0 aromatic heterocycles. The van der Waals surface area contributed by atoms with Crippen molar-refractivity contribution in [3.63, 3.8) is 0 Å². The quantitative estimate of drug-likeness (QED) is 0.151. The first kappa shape index (κ1) is 27.7. The first-order valence-corrected chi connectivity index (χ1v) is 11.8. The summed E-state index contributed by atoms with van der Waals surface area (Å²) < 4.78 is 30.5. The highest BCUT2D eigenvalue weighted by Crippen LogP contribution is 2.60. The number of ether oxygens (including phenoxy) is 6. The van der Waals surface area contributed by atoms with Crippen LogP contribution in [0.5, 0.6) is 0 Å². The smallest absolute Gasteiger partial charge is 0.345 e. The monoisotopic (exact) mass is 512 g/mol. The fourth-order valence-corrected chi connectivity index (χ4v) is 5.53. The van der Waals surface area contributed by atoms with E-state index in [1.807, 2.05) is 0 Å². The Kier molecular flexibility index (Phi) is 8.50. The van der Waals surface area contributed by atoms with Gasteiger partial charge in [0.2, 0.25) is 11.2 Å². The van der Waals surface area contributed by atoms with E-state index in [2.05, 4.69) is 9.47 Å². The van der Waals surface area contributed by atoms with Crippen molar-refractivity contribution in [3.8, 4) is 0 Å². The standard InChI is InChI=1S/C24H32O12/c1-23(11-25,33-9-19(27)31-3)21(29)35-14-7-15-13-5-17(16(15)8-14)18(6-13)36-22(30)24(2,12-26)34-10-20(28)32-4/h11-18H,5-10H2,1-4H3. The van der Waals surface area contributed by atoms with E-state index in [0.29, 0.717) is 31.8 Å². The molecule has 3 aliphatic rings. The van der Waals surface area contributed by atoms with Crippen LogP contribution in [0.2, 0.25) is 0 Å². The van der Waals surface area contributed by atoms with Crippen LogP contribution >= 0.6 is 0 Å². The second-order valence-corrected chi connectivity index (χ2v) is 9.84. The molecule has 3 saturated carbocycles. The minimum Gasteiger partial charge on any atom is -0.467 e. The van der Waals surface area contributed by atoms with Crippen molar-refractivity contribution in [2.24, 2.45) is 23.7 Å². The van der Waals surface area contributed by atoms with Crippen molar-refractivity contribution in [1.29, 1.82) is 0 Å². The molecule has 2 bridgehead atoms. The van der Waals surface area contributed by atoms with Crippen LogP contribution in [0.4, 0.5) is 0 Å². The van der Waals surface area contributed by atoms with Crippen LogP contribution in [-0.2, 0) is 57.2 Å². The van der Waals surface area contributed by atoms with E-state index in [1.54, 1.807) is 0 Å². The molecule has 3 aliphatic carbocycles. The third-order valence-corrected chi connectivity index (χ3v) is 7.59. The van der Waals surface area contributed by atoms with Crippen molar-refractivity contribution in [1.82, 2.24) is 0 Å². The SMILES string of the molecule is COC(=O)COC(C)(C=O)C(=O)OC1CC2C3CC(OC(=O)C(C)(C=O)OCC(=O)OC)C(C3)C2C1. The summed E-state index contributed by atoms with van der Waals surface area (Å²) in [6, 6.07) is 0. The number of hydrogen-bond donors (Lipinski definition) is 0. The second kappa shape index (κ2) is 11.0. The predicted molar refractivity (Wildman–Crippen MR) is 117 cm³/mol. The molecule has 12 heteroatoms. The van der Waals surface area contributed by atoms with Crippen molar-refractivity contribution in [3.05, 3.63) is 0 Å². The average molecular weight is 513 g/mol. The molecule has 0 spiro atoms. The number of carbonyl (C=O) groups is 6. The van der Waals surface area contributed by atoms with Gasteiger partial charge < -0.3 is 28.4 Å². The third kappa shape index (κ3) is 5.59. The summed E-state index contributed by atoms with van der Waals surface area (Å²) >= 11 is 0. The zero-order valence-electron chi connectivity index (χ0n) is 20.8. The van der Waals surface area contributed by atoms with Crippen LogP contribution in [-0.4, -0.2) is 87.3 Å². The highest BCUT2D eigenvalue weighted by Gasteiger charge is 2.58. The molecular weight excluding hydrogens is 480 g/mol. The molecule has 3 rings (SSSR count). The van der Waals surface area contributed by atoms with Crippen molar-refractivity contribution < 1.29 is 57.2 Å². The van der Waals surface area contributed by atoms with Crippen LogP contribution in [0, 0.1) is 23.7 Å². The summed E-state index contributed by atoms with van der Waals surface area (Å²) in [4.78, 5) is 71.1. The molecule has 0 N–H and O–H groups in total. The van der Waals surface area contributed by atoms with Gasteiger partial charge in [0.1, 0.15) is 25.4 Å². The molecular formula is C24H32O12. The molecule has 8 unspecified atom stereocenters. The lowest BCUT2D eigenvalue weighted by molar-refractivity contribution is -0.182. The zero-order valence-corrected chi connectivity index (χ0v) is 20.8. The van der Waals surface area contributed by atoms with Gasteiger partial charge >= 0.3 is 23.9 Å². The number of aldehydes is 2. The molecule has 8 atom stereocenters. The fraction of sp³-hybridized carbons (Fsp3) is 0.750. The first-order chi connectivity index (χ1) is 17.0. The Bertz CT molecular complexity index is 902. The van der Waals surface area contributed by atoms with Crippen molar-refractivity contribution in [2.75, 3.05) is 27.4 Å². The number of carbonyl (C=O) groups excluding carboxylic acids is 6. The lowest BCUT2D eigenvalue weighted by atomic mass is 9.80. The maximum atomic E-state index is 12.7.